The van der Waals surface area contributed by atoms with Crippen LogP contribution in [0.1, 0.15) is 30.4 Å². The molecular weight excluding hydrogens is 316 g/mol. The van der Waals surface area contributed by atoms with E-state index in [1.54, 1.807) is 30.3 Å². The molecule has 2 unspecified atom stereocenters. The maximum absolute atomic E-state index is 12.2. The predicted octanol–water partition coefficient (Wildman–Crippen LogP) is 1.91. The van der Waals surface area contributed by atoms with Crippen molar-refractivity contribution in [1.29, 1.82) is 0 Å². The van der Waals surface area contributed by atoms with E-state index in [0.717, 1.165) is 5.56 Å². The Balaban J connectivity index is 2.07. The summed E-state index contributed by atoms with van der Waals surface area (Å²) in [6.07, 6.45) is 0.763. The highest BCUT2D eigenvalue weighted by molar-refractivity contribution is 7.89. The lowest BCUT2D eigenvalue weighted by atomic mass is 10.1. The third-order valence-electron chi connectivity index (χ3n) is 3.63. The molecule has 2 atom stereocenters. The minimum absolute atomic E-state index is 0.114. The molecule has 7 heteroatoms. The first-order valence-corrected chi connectivity index (χ1v) is 8.73. The van der Waals surface area contributed by atoms with Gasteiger partial charge in [0.05, 0.1) is 11.2 Å². The largest absolute Gasteiger partial charge is 0.467 e. The zero-order valence-corrected chi connectivity index (χ0v) is 14.2. The third-order valence-corrected chi connectivity index (χ3v) is 5.44. The third kappa shape index (κ3) is 4.20. The van der Waals surface area contributed by atoms with Crippen molar-refractivity contribution in [3.8, 4) is 0 Å². The minimum atomic E-state index is -3.46. The van der Waals surface area contributed by atoms with Gasteiger partial charge in [-0.05, 0) is 36.8 Å². The summed E-state index contributed by atoms with van der Waals surface area (Å²) in [4.78, 5) is 0.250. The van der Waals surface area contributed by atoms with Crippen molar-refractivity contribution >= 4 is 10.0 Å². The van der Waals surface area contributed by atoms with Gasteiger partial charge in [0, 0.05) is 26.7 Å². The number of aliphatic hydroxyl groups is 1. The fourth-order valence-corrected chi connectivity index (χ4v) is 3.10. The van der Waals surface area contributed by atoms with Crippen molar-refractivity contribution in [2.24, 2.45) is 0 Å². The molecule has 0 spiro atoms. The molecule has 126 valence electrons. The van der Waals surface area contributed by atoms with Crippen molar-refractivity contribution < 1.29 is 17.9 Å². The average Bonchev–Trinajstić information content (AvgIpc) is 3.06. The molecule has 23 heavy (non-hydrogen) atoms. The molecule has 1 heterocycles. The Morgan fingerprint density at radius 1 is 1.26 bits per heavy atom. The summed E-state index contributed by atoms with van der Waals surface area (Å²) >= 11 is 0. The second kappa shape index (κ2) is 7.27. The van der Waals surface area contributed by atoms with Gasteiger partial charge in [0.25, 0.3) is 0 Å². The molecule has 2 N–H and O–H groups in total. The van der Waals surface area contributed by atoms with Crippen LogP contribution in [0, 0.1) is 0 Å². The molecule has 0 aliphatic rings. The maximum Gasteiger partial charge on any atom is 0.242 e. The first-order valence-electron chi connectivity index (χ1n) is 7.29. The van der Waals surface area contributed by atoms with E-state index in [1.807, 2.05) is 13.0 Å². The average molecular weight is 338 g/mol. The Bertz CT molecular complexity index is 726. The topological polar surface area (TPSA) is 82.8 Å². The van der Waals surface area contributed by atoms with Crippen LogP contribution >= 0.6 is 0 Å². The van der Waals surface area contributed by atoms with E-state index in [2.05, 4.69) is 5.32 Å². The van der Waals surface area contributed by atoms with Gasteiger partial charge in [-0.15, -0.1) is 0 Å². The van der Waals surface area contributed by atoms with Gasteiger partial charge in [-0.25, -0.2) is 12.7 Å². The lowest BCUT2D eigenvalue weighted by molar-refractivity contribution is 0.144. The Morgan fingerprint density at radius 3 is 2.61 bits per heavy atom. The predicted molar refractivity (Wildman–Crippen MR) is 87.4 cm³/mol. The highest BCUT2D eigenvalue weighted by Crippen LogP contribution is 2.20. The normalized spacial score (nSPS) is 14.8. The van der Waals surface area contributed by atoms with Crippen LogP contribution in [0.3, 0.4) is 0 Å². The Morgan fingerprint density at radius 2 is 2.00 bits per heavy atom. The maximum atomic E-state index is 12.2. The molecule has 0 saturated carbocycles. The summed E-state index contributed by atoms with van der Waals surface area (Å²) in [5.41, 5.74) is 0.833. The first-order chi connectivity index (χ1) is 10.8. The van der Waals surface area contributed by atoms with Crippen molar-refractivity contribution in [3.05, 3.63) is 54.0 Å². The zero-order chi connectivity index (χ0) is 17.0. The van der Waals surface area contributed by atoms with Crippen LogP contribution in [0.4, 0.5) is 0 Å². The summed E-state index contributed by atoms with van der Waals surface area (Å²) in [5.74, 6) is 0.494. The summed E-state index contributed by atoms with van der Waals surface area (Å²) < 4.78 is 30.7. The first kappa shape index (κ1) is 17.7. The fourth-order valence-electron chi connectivity index (χ4n) is 2.14. The van der Waals surface area contributed by atoms with Crippen LogP contribution < -0.4 is 5.32 Å². The summed E-state index contributed by atoms with van der Waals surface area (Å²) in [6, 6.07) is 10.1. The summed E-state index contributed by atoms with van der Waals surface area (Å²) in [7, 11) is -0.452. The molecule has 1 aromatic carbocycles. The molecule has 0 aliphatic heterocycles. The molecule has 1 aromatic heterocycles. The Hall–Kier alpha value is -1.67. The molecule has 6 nitrogen and oxygen atoms in total. The van der Waals surface area contributed by atoms with Gasteiger partial charge in [0.15, 0.2) is 0 Å². The van der Waals surface area contributed by atoms with Crippen LogP contribution in [0.5, 0.6) is 0 Å². The molecular formula is C16H22N2O4S. The molecule has 0 radical (unpaired) electrons. The van der Waals surface area contributed by atoms with E-state index in [0.29, 0.717) is 12.3 Å². The molecule has 2 rings (SSSR count). The second-order valence-corrected chi connectivity index (χ2v) is 7.67. The van der Waals surface area contributed by atoms with Crippen LogP contribution in [0.25, 0.3) is 0 Å². The van der Waals surface area contributed by atoms with E-state index >= 15 is 0 Å². The van der Waals surface area contributed by atoms with Crippen molar-refractivity contribution in [1.82, 2.24) is 9.62 Å². The second-order valence-electron chi connectivity index (χ2n) is 5.52. The number of hydrogen-bond donors (Lipinski definition) is 2. The lowest BCUT2D eigenvalue weighted by Gasteiger charge is -2.18. The van der Waals surface area contributed by atoms with E-state index in [4.69, 9.17) is 4.42 Å². The minimum Gasteiger partial charge on any atom is -0.467 e. The van der Waals surface area contributed by atoms with E-state index < -0.39 is 16.1 Å². The number of benzene rings is 1. The SMILES string of the molecule is CC(NCC(O)c1ccco1)c1cccc(S(=O)(=O)N(C)C)c1. The lowest BCUT2D eigenvalue weighted by Crippen LogP contribution is -2.25. The van der Waals surface area contributed by atoms with Crippen LogP contribution in [-0.4, -0.2) is 38.5 Å². The molecule has 2 aromatic rings. The fraction of sp³-hybridized carbons (Fsp3) is 0.375. The number of nitrogens with zero attached hydrogens (tertiary/aromatic N) is 1. The summed E-state index contributed by atoms with van der Waals surface area (Å²) in [6.45, 7) is 2.22. The van der Waals surface area contributed by atoms with Gasteiger partial charge in [-0.3, -0.25) is 0 Å². The molecule has 0 saturated heterocycles. The Labute approximate surface area is 136 Å². The van der Waals surface area contributed by atoms with E-state index in [9.17, 15) is 13.5 Å². The van der Waals surface area contributed by atoms with Gasteiger partial charge >= 0.3 is 0 Å². The standard InChI is InChI=1S/C16H22N2O4S/c1-12(17-11-15(19)16-8-5-9-22-16)13-6-4-7-14(10-13)23(20,21)18(2)3/h4-10,12,15,17,19H,11H2,1-3H3. The van der Waals surface area contributed by atoms with E-state index in [-0.39, 0.29) is 10.9 Å². The number of nitrogens with one attached hydrogen (secondary N) is 1. The van der Waals surface area contributed by atoms with Gasteiger partial charge in [-0.1, -0.05) is 12.1 Å². The van der Waals surface area contributed by atoms with E-state index in [1.165, 1.54) is 24.7 Å². The van der Waals surface area contributed by atoms with Gasteiger partial charge in [-0.2, -0.15) is 0 Å². The Kier molecular flexibility index (Phi) is 5.59. The van der Waals surface area contributed by atoms with Crippen molar-refractivity contribution in [3.63, 3.8) is 0 Å². The number of aliphatic hydroxyl groups excluding tert-OH is 1. The van der Waals surface area contributed by atoms with Crippen LogP contribution in [0.2, 0.25) is 0 Å². The van der Waals surface area contributed by atoms with Crippen molar-refractivity contribution in [2.45, 2.75) is 24.0 Å². The highest BCUT2D eigenvalue weighted by atomic mass is 32.2. The van der Waals surface area contributed by atoms with Gasteiger partial charge in [0.2, 0.25) is 10.0 Å². The van der Waals surface area contributed by atoms with Crippen LogP contribution in [-0.2, 0) is 10.0 Å². The smallest absolute Gasteiger partial charge is 0.242 e. The molecule has 0 aliphatic carbocycles. The monoisotopic (exact) mass is 338 g/mol. The zero-order valence-electron chi connectivity index (χ0n) is 13.4. The highest BCUT2D eigenvalue weighted by Gasteiger charge is 2.19. The van der Waals surface area contributed by atoms with Crippen molar-refractivity contribution in [2.75, 3.05) is 20.6 Å². The molecule has 0 bridgehead atoms. The van der Waals surface area contributed by atoms with Gasteiger partial charge in [0.1, 0.15) is 11.9 Å². The number of rotatable bonds is 7. The quantitative estimate of drug-likeness (QED) is 0.806. The number of hydrogen-bond acceptors (Lipinski definition) is 5. The number of furan rings is 1. The number of sulfonamides is 1. The molecule has 0 fully saturated rings. The molecule has 0 amide bonds. The van der Waals surface area contributed by atoms with Gasteiger partial charge < -0.3 is 14.8 Å². The van der Waals surface area contributed by atoms with Crippen LogP contribution in [0.15, 0.2) is 52.0 Å². The summed E-state index contributed by atoms with van der Waals surface area (Å²) in [5, 5.41) is 13.2.